The molecular weight excluding hydrogens is 292 g/mol. The highest BCUT2D eigenvalue weighted by atomic mass is 32.1. The molecule has 1 aromatic heterocycles. The van der Waals surface area contributed by atoms with Gasteiger partial charge in [0.25, 0.3) is 0 Å². The van der Waals surface area contributed by atoms with Crippen molar-refractivity contribution in [3.05, 3.63) is 46.7 Å². The van der Waals surface area contributed by atoms with Gasteiger partial charge in [0.05, 0.1) is 6.42 Å². The Hall–Kier alpha value is -1.81. The molecule has 1 amide bonds. The minimum absolute atomic E-state index is 0.0463. The van der Waals surface area contributed by atoms with E-state index in [0.717, 1.165) is 23.7 Å². The molecule has 1 N–H and O–H groups in total. The molecule has 1 fully saturated rings. The Labute approximate surface area is 136 Å². The number of anilines is 2. The van der Waals surface area contributed by atoms with Crippen molar-refractivity contribution in [2.24, 2.45) is 0 Å². The number of thiophene rings is 1. The normalized spacial score (nSPS) is 15.4. The predicted molar refractivity (Wildman–Crippen MR) is 93.8 cm³/mol. The van der Waals surface area contributed by atoms with Crippen molar-refractivity contribution in [3.63, 3.8) is 0 Å². The van der Waals surface area contributed by atoms with E-state index < -0.39 is 0 Å². The van der Waals surface area contributed by atoms with Gasteiger partial charge in [0.2, 0.25) is 5.91 Å². The highest BCUT2D eigenvalue weighted by Crippen LogP contribution is 2.21. The maximum atomic E-state index is 12.0. The first kappa shape index (κ1) is 15.1. The summed E-state index contributed by atoms with van der Waals surface area (Å²) in [4.78, 5) is 15.5. The topological polar surface area (TPSA) is 32.3 Å². The lowest BCUT2D eigenvalue weighted by molar-refractivity contribution is -0.115. The van der Waals surface area contributed by atoms with Crippen LogP contribution in [0.15, 0.2) is 41.8 Å². The van der Waals surface area contributed by atoms with E-state index in [1.54, 1.807) is 11.3 Å². The molecule has 0 spiro atoms. The number of benzene rings is 1. The number of nitrogens with one attached hydrogen (secondary N) is 1. The van der Waals surface area contributed by atoms with E-state index in [-0.39, 0.29) is 5.91 Å². The Bertz CT molecular complexity index is 584. The summed E-state index contributed by atoms with van der Waals surface area (Å²) in [5.74, 6) is 0.0463. The van der Waals surface area contributed by atoms with Crippen LogP contribution in [0.25, 0.3) is 0 Å². The minimum atomic E-state index is 0.0463. The summed E-state index contributed by atoms with van der Waals surface area (Å²) in [7, 11) is 0. The lowest BCUT2D eigenvalue weighted by atomic mass is 10.2. The van der Waals surface area contributed by atoms with Gasteiger partial charge in [-0.15, -0.1) is 11.3 Å². The SMILES string of the molecule is O=C(Cc1cccs1)Nc1ccc(N2CCCCCC2)cc1. The smallest absolute Gasteiger partial charge is 0.229 e. The molecule has 3 nitrogen and oxygen atoms in total. The van der Waals surface area contributed by atoms with E-state index >= 15 is 0 Å². The van der Waals surface area contributed by atoms with Crippen molar-refractivity contribution < 1.29 is 4.79 Å². The van der Waals surface area contributed by atoms with Gasteiger partial charge in [-0.3, -0.25) is 4.79 Å². The molecule has 1 aliphatic rings. The summed E-state index contributed by atoms with van der Waals surface area (Å²) in [6.45, 7) is 2.29. The number of hydrogen-bond donors (Lipinski definition) is 1. The van der Waals surface area contributed by atoms with Crippen LogP contribution in [0.2, 0.25) is 0 Å². The van der Waals surface area contributed by atoms with Gasteiger partial charge in [-0.1, -0.05) is 18.9 Å². The molecule has 0 unspecified atom stereocenters. The predicted octanol–water partition coefficient (Wildman–Crippen LogP) is 4.31. The van der Waals surface area contributed by atoms with Gasteiger partial charge < -0.3 is 10.2 Å². The molecule has 0 aliphatic carbocycles. The molecular formula is C18H22N2OS. The standard InChI is InChI=1S/C18H22N2OS/c21-18(14-17-6-5-13-22-17)19-15-7-9-16(10-8-15)20-11-3-1-2-4-12-20/h5-10,13H,1-4,11-12,14H2,(H,19,21). The van der Waals surface area contributed by atoms with Crippen molar-refractivity contribution in [2.75, 3.05) is 23.3 Å². The summed E-state index contributed by atoms with van der Waals surface area (Å²) >= 11 is 1.62. The highest BCUT2D eigenvalue weighted by molar-refractivity contribution is 7.10. The van der Waals surface area contributed by atoms with E-state index in [1.165, 1.54) is 31.4 Å². The van der Waals surface area contributed by atoms with Gasteiger partial charge in [0, 0.05) is 29.3 Å². The first-order valence-corrected chi connectivity index (χ1v) is 8.86. The zero-order chi connectivity index (χ0) is 15.2. The van der Waals surface area contributed by atoms with Crippen molar-refractivity contribution in [3.8, 4) is 0 Å². The highest BCUT2D eigenvalue weighted by Gasteiger charge is 2.10. The number of carbonyl (C=O) groups is 1. The van der Waals surface area contributed by atoms with Crippen molar-refractivity contribution in [1.82, 2.24) is 0 Å². The number of hydrogen-bond acceptors (Lipinski definition) is 3. The monoisotopic (exact) mass is 314 g/mol. The third-order valence-electron chi connectivity index (χ3n) is 4.04. The molecule has 2 aromatic rings. The Morgan fingerprint density at radius 3 is 2.41 bits per heavy atom. The van der Waals surface area contributed by atoms with E-state index in [0.29, 0.717) is 6.42 Å². The molecule has 0 bridgehead atoms. The average molecular weight is 314 g/mol. The number of amides is 1. The first-order valence-electron chi connectivity index (χ1n) is 7.98. The van der Waals surface area contributed by atoms with Crippen LogP contribution < -0.4 is 10.2 Å². The molecule has 4 heteroatoms. The Morgan fingerprint density at radius 2 is 1.77 bits per heavy atom. The van der Waals surface area contributed by atoms with Gasteiger partial charge in [0.15, 0.2) is 0 Å². The third kappa shape index (κ3) is 4.10. The third-order valence-corrected chi connectivity index (χ3v) is 4.91. The quantitative estimate of drug-likeness (QED) is 0.912. The van der Waals surface area contributed by atoms with Crippen molar-refractivity contribution in [2.45, 2.75) is 32.1 Å². The fourth-order valence-corrected chi connectivity index (χ4v) is 3.56. The van der Waals surface area contributed by atoms with Gasteiger partial charge in [-0.05, 0) is 48.6 Å². The van der Waals surface area contributed by atoms with Crippen LogP contribution in [0, 0.1) is 0 Å². The zero-order valence-electron chi connectivity index (χ0n) is 12.8. The van der Waals surface area contributed by atoms with E-state index in [9.17, 15) is 4.79 Å². The van der Waals surface area contributed by atoms with Crippen LogP contribution in [-0.2, 0) is 11.2 Å². The lowest BCUT2D eigenvalue weighted by Crippen LogP contribution is -2.23. The number of nitrogens with zero attached hydrogens (tertiary/aromatic N) is 1. The number of carbonyl (C=O) groups excluding carboxylic acids is 1. The second-order valence-electron chi connectivity index (χ2n) is 5.75. The fraction of sp³-hybridized carbons (Fsp3) is 0.389. The molecule has 0 radical (unpaired) electrons. The van der Waals surface area contributed by atoms with E-state index in [2.05, 4.69) is 22.3 Å². The zero-order valence-corrected chi connectivity index (χ0v) is 13.6. The maximum Gasteiger partial charge on any atom is 0.229 e. The van der Waals surface area contributed by atoms with E-state index in [4.69, 9.17) is 0 Å². The molecule has 0 saturated carbocycles. The molecule has 2 heterocycles. The van der Waals surface area contributed by atoms with Gasteiger partial charge in [-0.25, -0.2) is 0 Å². The minimum Gasteiger partial charge on any atom is -0.372 e. The van der Waals surface area contributed by atoms with Crippen LogP contribution >= 0.6 is 11.3 Å². The Balaban J connectivity index is 1.57. The molecule has 0 atom stereocenters. The molecule has 3 rings (SSSR count). The summed E-state index contributed by atoms with van der Waals surface area (Å²) < 4.78 is 0. The molecule has 1 aliphatic heterocycles. The van der Waals surface area contributed by atoms with Gasteiger partial charge in [-0.2, -0.15) is 0 Å². The summed E-state index contributed by atoms with van der Waals surface area (Å²) in [5.41, 5.74) is 2.14. The van der Waals surface area contributed by atoms with Crippen LogP contribution in [0.5, 0.6) is 0 Å². The lowest BCUT2D eigenvalue weighted by Gasteiger charge is -2.22. The van der Waals surface area contributed by atoms with Crippen LogP contribution in [0.1, 0.15) is 30.6 Å². The van der Waals surface area contributed by atoms with Crippen LogP contribution in [-0.4, -0.2) is 19.0 Å². The Kier molecular flexibility index (Phi) is 5.11. The largest absolute Gasteiger partial charge is 0.372 e. The van der Waals surface area contributed by atoms with Gasteiger partial charge in [0.1, 0.15) is 0 Å². The van der Waals surface area contributed by atoms with Crippen molar-refractivity contribution in [1.29, 1.82) is 0 Å². The average Bonchev–Trinajstić information content (AvgIpc) is 2.87. The molecule has 116 valence electrons. The van der Waals surface area contributed by atoms with Crippen LogP contribution in [0.4, 0.5) is 11.4 Å². The van der Waals surface area contributed by atoms with Crippen molar-refractivity contribution >= 4 is 28.6 Å². The summed E-state index contributed by atoms with van der Waals surface area (Å²) in [5, 5.41) is 4.97. The summed E-state index contributed by atoms with van der Waals surface area (Å²) in [6, 6.07) is 12.2. The Morgan fingerprint density at radius 1 is 1.05 bits per heavy atom. The second-order valence-corrected chi connectivity index (χ2v) is 6.78. The maximum absolute atomic E-state index is 12.0. The number of rotatable bonds is 4. The summed E-state index contributed by atoms with van der Waals surface area (Å²) in [6.07, 6.45) is 5.69. The van der Waals surface area contributed by atoms with Crippen LogP contribution in [0.3, 0.4) is 0 Å². The molecule has 1 aromatic carbocycles. The first-order chi connectivity index (χ1) is 10.8. The van der Waals surface area contributed by atoms with E-state index in [1.807, 2.05) is 29.6 Å². The molecule has 22 heavy (non-hydrogen) atoms. The van der Waals surface area contributed by atoms with Gasteiger partial charge >= 0.3 is 0 Å². The fourth-order valence-electron chi connectivity index (χ4n) is 2.86. The molecule has 1 saturated heterocycles. The second kappa shape index (κ2) is 7.45.